The summed E-state index contributed by atoms with van der Waals surface area (Å²) in [7, 11) is 0. The number of nitrogens with zero attached hydrogens (tertiary/aromatic N) is 1. The van der Waals surface area contributed by atoms with Gasteiger partial charge < -0.3 is 4.98 Å². The van der Waals surface area contributed by atoms with E-state index in [2.05, 4.69) is 4.98 Å². The fourth-order valence-corrected chi connectivity index (χ4v) is 3.02. The Morgan fingerprint density at radius 2 is 1.89 bits per heavy atom. The van der Waals surface area contributed by atoms with Crippen molar-refractivity contribution in [2.24, 2.45) is 0 Å². The molecule has 0 unspecified atom stereocenters. The molecule has 1 aromatic carbocycles. The molecule has 4 nitrogen and oxygen atoms in total. The minimum absolute atomic E-state index is 0.0655. The smallest absolute Gasteiger partial charge is 0.307 e. The van der Waals surface area contributed by atoms with Gasteiger partial charge >= 0.3 is 5.69 Å². The van der Waals surface area contributed by atoms with Crippen molar-refractivity contribution in [2.45, 2.75) is 45.1 Å². The molecule has 1 aliphatic rings. The van der Waals surface area contributed by atoms with Crippen molar-refractivity contribution in [1.82, 2.24) is 9.55 Å². The molecular formula is C15H18N2O2. The van der Waals surface area contributed by atoms with Crippen LogP contribution in [-0.2, 0) is 0 Å². The van der Waals surface area contributed by atoms with Gasteiger partial charge in [-0.25, -0.2) is 4.79 Å². The van der Waals surface area contributed by atoms with Crippen LogP contribution in [0.2, 0.25) is 0 Å². The average molecular weight is 258 g/mol. The molecule has 0 amide bonds. The van der Waals surface area contributed by atoms with E-state index in [9.17, 15) is 9.59 Å². The molecule has 1 fully saturated rings. The second-order valence-electron chi connectivity index (χ2n) is 5.45. The Bertz CT molecular complexity index is 721. The zero-order chi connectivity index (χ0) is 13.4. The maximum absolute atomic E-state index is 12.5. The van der Waals surface area contributed by atoms with E-state index < -0.39 is 0 Å². The third-order valence-electron chi connectivity index (χ3n) is 4.02. The third kappa shape index (κ3) is 2.11. The molecule has 19 heavy (non-hydrogen) atoms. The van der Waals surface area contributed by atoms with E-state index in [0.717, 1.165) is 31.2 Å². The predicted molar refractivity (Wildman–Crippen MR) is 75.7 cm³/mol. The summed E-state index contributed by atoms with van der Waals surface area (Å²) in [5.41, 5.74) is 1.26. The molecule has 1 N–H and O–H groups in total. The molecule has 1 aliphatic carbocycles. The van der Waals surface area contributed by atoms with Crippen molar-refractivity contribution in [3.8, 4) is 0 Å². The quantitative estimate of drug-likeness (QED) is 0.854. The summed E-state index contributed by atoms with van der Waals surface area (Å²) in [5, 5.41) is 0.607. The van der Waals surface area contributed by atoms with Gasteiger partial charge in [0, 0.05) is 6.04 Å². The summed E-state index contributed by atoms with van der Waals surface area (Å²) >= 11 is 0. The van der Waals surface area contributed by atoms with Crippen LogP contribution in [0.4, 0.5) is 0 Å². The SMILES string of the molecule is Cc1ccc2c(=O)n(C3CCCCC3)c(=O)[nH]c2c1. The minimum atomic E-state index is -0.269. The van der Waals surface area contributed by atoms with Gasteiger partial charge in [-0.05, 0) is 37.5 Å². The number of hydrogen-bond acceptors (Lipinski definition) is 2. The lowest BCUT2D eigenvalue weighted by atomic mass is 9.95. The lowest BCUT2D eigenvalue weighted by molar-refractivity contribution is 0.338. The highest BCUT2D eigenvalue weighted by Gasteiger charge is 2.19. The van der Waals surface area contributed by atoms with Crippen LogP contribution in [0.25, 0.3) is 10.9 Å². The van der Waals surface area contributed by atoms with Gasteiger partial charge in [-0.1, -0.05) is 25.3 Å². The Hall–Kier alpha value is -1.84. The molecule has 0 bridgehead atoms. The van der Waals surface area contributed by atoms with Gasteiger partial charge in [0.05, 0.1) is 10.9 Å². The topological polar surface area (TPSA) is 54.9 Å². The molecule has 4 heteroatoms. The van der Waals surface area contributed by atoms with Gasteiger partial charge in [0.2, 0.25) is 0 Å². The van der Waals surface area contributed by atoms with Crippen molar-refractivity contribution in [2.75, 3.05) is 0 Å². The van der Waals surface area contributed by atoms with Crippen molar-refractivity contribution in [3.05, 3.63) is 44.6 Å². The number of benzene rings is 1. The van der Waals surface area contributed by atoms with Gasteiger partial charge in [0.1, 0.15) is 0 Å². The summed E-state index contributed by atoms with van der Waals surface area (Å²) < 4.78 is 1.43. The predicted octanol–water partition coefficient (Wildman–Crippen LogP) is 2.50. The second-order valence-corrected chi connectivity index (χ2v) is 5.45. The minimum Gasteiger partial charge on any atom is -0.307 e. The van der Waals surface area contributed by atoms with Gasteiger partial charge in [0.15, 0.2) is 0 Å². The van der Waals surface area contributed by atoms with E-state index in [0.29, 0.717) is 10.9 Å². The van der Waals surface area contributed by atoms with Crippen molar-refractivity contribution >= 4 is 10.9 Å². The van der Waals surface area contributed by atoms with Crippen LogP contribution in [-0.4, -0.2) is 9.55 Å². The first-order valence-corrected chi connectivity index (χ1v) is 6.92. The van der Waals surface area contributed by atoms with Gasteiger partial charge in [0.25, 0.3) is 5.56 Å². The second kappa shape index (κ2) is 4.68. The Morgan fingerprint density at radius 1 is 1.16 bits per heavy atom. The molecule has 1 heterocycles. The molecule has 1 saturated carbocycles. The van der Waals surface area contributed by atoms with Crippen LogP contribution < -0.4 is 11.2 Å². The third-order valence-corrected chi connectivity index (χ3v) is 4.02. The van der Waals surface area contributed by atoms with Gasteiger partial charge in [-0.2, -0.15) is 0 Å². The molecule has 0 aliphatic heterocycles. The van der Waals surface area contributed by atoms with Crippen LogP contribution in [0.15, 0.2) is 27.8 Å². The zero-order valence-corrected chi connectivity index (χ0v) is 11.1. The van der Waals surface area contributed by atoms with Crippen LogP contribution in [0.5, 0.6) is 0 Å². The maximum Gasteiger partial charge on any atom is 0.329 e. The van der Waals surface area contributed by atoms with E-state index >= 15 is 0 Å². The lowest BCUT2D eigenvalue weighted by Crippen LogP contribution is -2.38. The van der Waals surface area contributed by atoms with E-state index in [1.165, 1.54) is 11.0 Å². The fraction of sp³-hybridized carbons (Fsp3) is 0.467. The highest BCUT2D eigenvalue weighted by molar-refractivity contribution is 5.77. The highest BCUT2D eigenvalue weighted by atomic mass is 16.2. The largest absolute Gasteiger partial charge is 0.329 e. The highest BCUT2D eigenvalue weighted by Crippen LogP contribution is 2.26. The molecule has 0 radical (unpaired) electrons. The summed E-state index contributed by atoms with van der Waals surface area (Å²) in [6.45, 7) is 1.95. The van der Waals surface area contributed by atoms with Gasteiger partial charge in [-0.3, -0.25) is 9.36 Å². The molecule has 0 spiro atoms. The lowest BCUT2D eigenvalue weighted by Gasteiger charge is -2.23. The van der Waals surface area contributed by atoms with E-state index in [1.54, 1.807) is 0 Å². The van der Waals surface area contributed by atoms with Crippen molar-refractivity contribution in [3.63, 3.8) is 0 Å². The van der Waals surface area contributed by atoms with Gasteiger partial charge in [-0.15, -0.1) is 0 Å². The van der Waals surface area contributed by atoms with E-state index in [-0.39, 0.29) is 17.3 Å². The zero-order valence-electron chi connectivity index (χ0n) is 11.1. The molecule has 100 valence electrons. The Labute approximate surface area is 111 Å². The van der Waals surface area contributed by atoms with E-state index in [1.807, 2.05) is 25.1 Å². The Kier molecular flexibility index (Phi) is 3.01. The monoisotopic (exact) mass is 258 g/mol. The first-order valence-electron chi connectivity index (χ1n) is 6.92. The standard InChI is InChI=1S/C15H18N2O2/c1-10-7-8-12-13(9-10)16-15(19)17(14(12)18)11-5-3-2-4-6-11/h7-9,11H,2-6H2,1H3,(H,16,19). The van der Waals surface area contributed by atoms with Crippen molar-refractivity contribution < 1.29 is 0 Å². The normalized spacial score (nSPS) is 16.9. The summed E-state index contributed by atoms with van der Waals surface area (Å²) in [6.07, 6.45) is 5.27. The molecule has 0 atom stereocenters. The number of hydrogen-bond donors (Lipinski definition) is 1. The van der Waals surface area contributed by atoms with Crippen LogP contribution in [0.3, 0.4) is 0 Å². The molecular weight excluding hydrogens is 240 g/mol. The van der Waals surface area contributed by atoms with Crippen LogP contribution in [0, 0.1) is 6.92 Å². The van der Waals surface area contributed by atoms with Crippen molar-refractivity contribution in [1.29, 1.82) is 0 Å². The Morgan fingerprint density at radius 3 is 2.63 bits per heavy atom. The first-order chi connectivity index (χ1) is 9.16. The summed E-state index contributed by atoms with van der Waals surface area (Å²) in [4.78, 5) is 27.5. The maximum atomic E-state index is 12.5. The number of fused-ring (bicyclic) bond motifs is 1. The number of H-pyrrole nitrogens is 1. The summed E-state index contributed by atoms with van der Waals surface area (Å²) in [6, 6.07) is 5.63. The number of aromatic amines is 1. The summed E-state index contributed by atoms with van der Waals surface area (Å²) in [5.74, 6) is 0. The fourth-order valence-electron chi connectivity index (χ4n) is 3.02. The number of aryl methyl sites for hydroxylation is 1. The Balaban J connectivity index is 2.22. The first kappa shape index (κ1) is 12.2. The molecule has 3 rings (SSSR count). The molecule has 1 aromatic heterocycles. The number of rotatable bonds is 1. The molecule has 2 aromatic rings. The van der Waals surface area contributed by atoms with Crippen LogP contribution >= 0.6 is 0 Å². The molecule has 0 saturated heterocycles. The van der Waals surface area contributed by atoms with E-state index in [4.69, 9.17) is 0 Å². The van der Waals surface area contributed by atoms with Crippen LogP contribution in [0.1, 0.15) is 43.7 Å². The average Bonchev–Trinajstić information content (AvgIpc) is 2.39. The number of aromatic nitrogens is 2. The number of nitrogens with one attached hydrogen (secondary N) is 1.